The highest BCUT2D eigenvalue weighted by Crippen LogP contribution is 2.40. The Labute approximate surface area is 230 Å². The maximum Gasteiger partial charge on any atom is 0.241 e. The first-order valence-electron chi connectivity index (χ1n) is 12.3. The van der Waals surface area contributed by atoms with Crippen LogP contribution < -0.4 is 19.5 Å². The van der Waals surface area contributed by atoms with Crippen LogP contribution in [0.15, 0.2) is 59.8 Å². The number of ether oxygens (including phenoxy) is 3. The molecule has 0 aliphatic carbocycles. The number of aryl methyl sites for hydroxylation is 1. The maximum atomic E-state index is 13.6. The van der Waals surface area contributed by atoms with Gasteiger partial charge in [0.15, 0.2) is 11.5 Å². The molecule has 1 aliphatic rings. The number of carbonyl (C=O) groups excluding carboxylic acids is 1. The summed E-state index contributed by atoms with van der Waals surface area (Å²) in [7, 11) is 4.80. The molecule has 2 atom stereocenters. The van der Waals surface area contributed by atoms with E-state index in [1.165, 1.54) is 0 Å². The van der Waals surface area contributed by atoms with E-state index < -0.39 is 0 Å². The molecule has 38 heavy (non-hydrogen) atoms. The smallest absolute Gasteiger partial charge is 0.241 e. The third-order valence-electron chi connectivity index (χ3n) is 6.47. The van der Waals surface area contributed by atoms with E-state index in [9.17, 15) is 4.79 Å². The van der Waals surface area contributed by atoms with Gasteiger partial charge in [-0.1, -0.05) is 6.07 Å². The number of rotatable bonds is 9. The number of carbonyl (C=O) groups is 1. The third kappa shape index (κ3) is 5.72. The number of thiazole rings is 1. The summed E-state index contributed by atoms with van der Waals surface area (Å²) < 4.78 is 17.7. The van der Waals surface area contributed by atoms with Crippen LogP contribution in [-0.2, 0) is 11.3 Å². The number of benzene rings is 2. The van der Waals surface area contributed by atoms with Gasteiger partial charge in [0.2, 0.25) is 11.7 Å². The number of nitrogens with one attached hydrogen (secondary N) is 1. The molecule has 4 aromatic rings. The second-order valence-electron chi connectivity index (χ2n) is 9.03. The van der Waals surface area contributed by atoms with Crippen LogP contribution in [0.2, 0.25) is 0 Å². The Balaban J connectivity index is 1.39. The number of aromatic nitrogens is 2. The Morgan fingerprint density at radius 2 is 1.89 bits per heavy atom. The van der Waals surface area contributed by atoms with Gasteiger partial charge >= 0.3 is 0 Å². The minimum absolute atomic E-state index is 0.0344. The van der Waals surface area contributed by atoms with Crippen LogP contribution in [-0.4, -0.2) is 59.9 Å². The average molecular weight is 551 g/mol. The molecule has 1 amide bonds. The predicted molar refractivity (Wildman–Crippen MR) is 152 cm³/mol. The van der Waals surface area contributed by atoms with Gasteiger partial charge in [0, 0.05) is 30.2 Å². The monoisotopic (exact) mass is 550 g/mol. The van der Waals surface area contributed by atoms with Crippen molar-refractivity contribution in [2.75, 3.05) is 33.2 Å². The lowest BCUT2D eigenvalue weighted by molar-refractivity contribution is -0.120. The van der Waals surface area contributed by atoms with Crippen molar-refractivity contribution in [2.24, 2.45) is 0 Å². The van der Waals surface area contributed by atoms with E-state index in [4.69, 9.17) is 14.2 Å². The molecule has 2 aromatic heterocycles. The van der Waals surface area contributed by atoms with Gasteiger partial charge in [-0.05, 0) is 61.4 Å². The van der Waals surface area contributed by atoms with E-state index in [0.717, 1.165) is 38.0 Å². The maximum absolute atomic E-state index is 13.6. The van der Waals surface area contributed by atoms with E-state index in [2.05, 4.69) is 20.2 Å². The minimum Gasteiger partial charge on any atom is -0.493 e. The molecule has 0 spiro atoms. The quantitative estimate of drug-likeness (QED) is 0.297. The number of amides is 1. The normalized spacial score (nSPS) is 17.5. The summed E-state index contributed by atoms with van der Waals surface area (Å²) in [6.07, 6.45) is 2.50. The van der Waals surface area contributed by atoms with Gasteiger partial charge in [0.05, 0.1) is 47.6 Å². The van der Waals surface area contributed by atoms with E-state index in [0.29, 0.717) is 30.2 Å². The highest BCUT2D eigenvalue weighted by atomic mass is 32.2. The first-order chi connectivity index (χ1) is 18.5. The average Bonchev–Trinajstić information content (AvgIpc) is 3.50. The predicted octanol–water partition coefficient (Wildman–Crippen LogP) is 5.40. The van der Waals surface area contributed by atoms with Crippen LogP contribution in [0, 0.1) is 6.92 Å². The number of hydrogen-bond acceptors (Lipinski definition) is 9. The van der Waals surface area contributed by atoms with Gasteiger partial charge in [-0.15, -0.1) is 23.1 Å². The Morgan fingerprint density at radius 3 is 2.58 bits per heavy atom. The minimum atomic E-state index is -0.317. The number of likely N-dealkylation sites (tertiary alicyclic amines) is 1. The Kier molecular flexibility index (Phi) is 8.01. The molecule has 0 unspecified atom stereocenters. The Morgan fingerprint density at radius 1 is 1.11 bits per heavy atom. The van der Waals surface area contributed by atoms with Crippen LogP contribution in [0.5, 0.6) is 17.2 Å². The first-order valence-corrected chi connectivity index (χ1v) is 14.0. The highest BCUT2D eigenvalue weighted by Gasteiger charge is 2.37. The van der Waals surface area contributed by atoms with Gasteiger partial charge in [0.25, 0.3) is 0 Å². The molecule has 0 radical (unpaired) electrons. The zero-order valence-electron chi connectivity index (χ0n) is 21.8. The fourth-order valence-electron chi connectivity index (χ4n) is 4.79. The molecule has 5 rings (SSSR count). The number of methoxy groups -OCH3 is 3. The van der Waals surface area contributed by atoms with Crippen molar-refractivity contribution >= 4 is 44.9 Å². The van der Waals surface area contributed by atoms with Gasteiger partial charge in [-0.25, -0.2) is 9.97 Å². The van der Waals surface area contributed by atoms with Crippen molar-refractivity contribution in [2.45, 2.75) is 36.2 Å². The SMILES string of the molecule is COc1cc(CN2C[C@H](Sc3ccccn3)C[C@H]2C(=O)Nc2ccc3sc(C)nc3c2)cc(OC)c1OC. The number of thioether (sulfide) groups is 1. The molecule has 2 aromatic carbocycles. The van der Waals surface area contributed by atoms with Crippen LogP contribution in [0.1, 0.15) is 17.0 Å². The zero-order chi connectivity index (χ0) is 26.6. The second-order valence-corrected chi connectivity index (χ2v) is 11.6. The van der Waals surface area contributed by atoms with Crippen molar-refractivity contribution in [1.82, 2.24) is 14.9 Å². The van der Waals surface area contributed by atoms with Gasteiger partial charge in [-0.2, -0.15) is 0 Å². The van der Waals surface area contributed by atoms with E-state index in [1.54, 1.807) is 50.6 Å². The van der Waals surface area contributed by atoms with Crippen LogP contribution in [0.3, 0.4) is 0 Å². The molecule has 8 nitrogen and oxygen atoms in total. The van der Waals surface area contributed by atoms with Gasteiger partial charge < -0.3 is 19.5 Å². The summed E-state index contributed by atoms with van der Waals surface area (Å²) >= 11 is 3.35. The fourth-order valence-corrected chi connectivity index (χ4v) is 6.76. The number of fused-ring (bicyclic) bond motifs is 1. The standard InChI is InChI=1S/C28H30N4O4S2/c1-17-30-21-13-19(8-9-25(21)37-17)31-28(33)22-14-20(38-26-7-5-6-10-29-26)16-32(22)15-18-11-23(34-2)27(36-4)24(12-18)35-3/h5-13,20,22H,14-16H2,1-4H3,(H,31,33)/t20-,22+/m1/s1. The molecule has 1 aliphatic heterocycles. The highest BCUT2D eigenvalue weighted by molar-refractivity contribution is 7.99. The van der Waals surface area contributed by atoms with Crippen molar-refractivity contribution in [3.63, 3.8) is 0 Å². The molecule has 3 heterocycles. The van der Waals surface area contributed by atoms with Crippen molar-refractivity contribution in [3.05, 3.63) is 65.3 Å². The first kappa shape index (κ1) is 26.3. The summed E-state index contributed by atoms with van der Waals surface area (Å²) in [5.41, 5.74) is 2.62. The van der Waals surface area contributed by atoms with Crippen LogP contribution in [0.4, 0.5) is 5.69 Å². The van der Waals surface area contributed by atoms with Crippen molar-refractivity contribution in [3.8, 4) is 17.2 Å². The van der Waals surface area contributed by atoms with Crippen LogP contribution in [0.25, 0.3) is 10.2 Å². The zero-order valence-corrected chi connectivity index (χ0v) is 23.4. The molecular weight excluding hydrogens is 520 g/mol. The molecule has 1 N–H and O–H groups in total. The Bertz CT molecular complexity index is 1400. The number of anilines is 1. The van der Waals surface area contributed by atoms with E-state index >= 15 is 0 Å². The van der Waals surface area contributed by atoms with E-state index in [-0.39, 0.29) is 17.2 Å². The summed E-state index contributed by atoms with van der Waals surface area (Å²) in [4.78, 5) is 24.9. The van der Waals surface area contributed by atoms with Gasteiger partial charge in [-0.3, -0.25) is 9.69 Å². The lowest BCUT2D eigenvalue weighted by atomic mass is 10.1. The summed E-state index contributed by atoms with van der Waals surface area (Å²) in [5.74, 6) is 1.69. The molecule has 0 bridgehead atoms. The lowest BCUT2D eigenvalue weighted by Crippen LogP contribution is -2.39. The van der Waals surface area contributed by atoms with Crippen LogP contribution >= 0.6 is 23.1 Å². The lowest BCUT2D eigenvalue weighted by Gasteiger charge is -2.24. The molecule has 198 valence electrons. The molecule has 10 heteroatoms. The number of hydrogen-bond donors (Lipinski definition) is 1. The Hall–Kier alpha value is -3.34. The van der Waals surface area contributed by atoms with Crippen molar-refractivity contribution in [1.29, 1.82) is 0 Å². The van der Waals surface area contributed by atoms with Gasteiger partial charge in [0.1, 0.15) is 0 Å². The number of nitrogens with zero attached hydrogens (tertiary/aromatic N) is 3. The molecule has 0 saturated carbocycles. The summed E-state index contributed by atoms with van der Waals surface area (Å²) in [6, 6.07) is 15.4. The third-order valence-corrected chi connectivity index (χ3v) is 8.57. The summed E-state index contributed by atoms with van der Waals surface area (Å²) in [6.45, 7) is 3.28. The molecular formula is C28H30N4O4S2. The molecule has 1 saturated heterocycles. The van der Waals surface area contributed by atoms with Crippen molar-refractivity contribution < 1.29 is 19.0 Å². The fraction of sp³-hybridized carbons (Fsp3) is 0.321. The summed E-state index contributed by atoms with van der Waals surface area (Å²) in [5, 5.41) is 5.31. The second kappa shape index (κ2) is 11.6. The van der Waals surface area contributed by atoms with E-state index in [1.807, 2.05) is 55.5 Å². The largest absolute Gasteiger partial charge is 0.493 e. The number of pyridine rings is 1. The topological polar surface area (TPSA) is 85.8 Å². The molecule has 1 fully saturated rings.